The number of alkyl halides is 3. The molecule has 2 N–H and O–H groups in total. The van der Waals surface area contributed by atoms with Crippen molar-refractivity contribution < 1.29 is 22.7 Å². The van der Waals surface area contributed by atoms with Crippen molar-refractivity contribution in [3.8, 4) is 16.3 Å². The van der Waals surface area contributed by atoms with Gasteiger partial charge in [0.05, 0.1) is 30.6 Å². The monoisotopic (exact) mass is 443 g/mol. The van der Waals surface area contributed by atoms with E-state index in [9.17, 15) is 18.0 Å². The minimum atomic E-state index is -4.44. The molecule has 0 spiro atoms. The van der Waals surface area contributed by atoms with Gasteiger partial charge in [0, 0.05) is 36.8 Å². The number of carbonyl (C=O) groups excluding carboxylic acids is 1. The summed E-state index contributed by atoms with van der Waals surface area (Å²) in [6.07, 6.45) is -1.11. The summed E-state index contributed by atoms with van der Waals surface area (Å²) in [7, 11) is 1.57. The highest BCUT2D eigenvalue weighted by Gasteiger charge is 2.37. The first-order chi connectivity index (χ1) is 14.1. The van der Waals surface area contributed by atoms with Gasteiger partial charge in [0.15, 0.2) is 0 Å². The molecule has 2 aromatic heterocycles. The van der Waals surface area contributed by atoms with Crippen molar-refractivity contribution in [2.24, 2.45) is 0 Å². The number of methoxy groups -OCH3 is 1. The van der Waals surface area contributed by atoms with Crippen molar-refractivity contribution in [3.05, 3.63) is 29.5 Å². The van der Waals surface area contributed by atoms with Gasteiger partial charge in [0.1, 0.15) is 17.3 Å². The number of hydrogen-bond donors (Lipinski definition) is 2. The molecule has 3 rings (SSSR count). The zero-order chi connectivity index (χ0) is 21.9. The van der Waals surface area contributed by atoms with Crippen LogP contribution in [0.25, 0.3) is 10.6 Å². The van der Waals surface area contributed by atoms with Crippen LogP contribution in [0.15, 0.2) is 23.8 Å². The number of thiazole rings is 1. The molecule has 2 aromatic rings. The maximum Gasteiger partial charge on any atom is 0.405 e. The smallest absolute Gasteiger partial charge is 0.405 e. The van der Waals surface area contributed by atoms with Gasteiger partial charge in [-0.25, -0.2) is 4.98 Å². The molecule has 0 aromatic carbocycles. The molecule has 3 heterocycles. The van der Waals surface area contributed by atoms with E-state index in [2.05, 4.69) is 15.2 Å². The normalized spacial score (nSPS) is 18.3. The van der Waals surface area contributed by atoms with E-state index in [1.807, 2.05) is 30.6 Å². The maximum absolute atomic E-state index is 12.4. The van der Waals surface area contributed by atoms with Crippen LogP contribution in [-0.4, -0.2) is 66.3 Å². The number of hydrogen-bond acceptors (Lipinski definition) is 7. The highest BCUT2D eigenvalue weighted by atomic mass is 32.1. The zero-order valence-corrected chi connectivity index (χ0v) is 17.7. The second-order valence-electron chi connectivity index (χ2n) is 7.50. The van der Waals surface area contributed by atoms with Crippen LogP contribution in [0.5, 0.6) is 5.75 Å². The predicted octanol–water partition coefficient (Wildman–Crippen LogP) is 2.40. The van der Waals surface area contributed by atoms with Crippen molar-refractivity contribution in [1.82, 2.24) is 25.5 Å². The van der Waals surface area contributed by atoms with Crippen LogP contribution in [-0.2, 0) is 10.3 Å². The van der Waals surface area contributed by atoms with E-state index in [1.54, 1.807) is 19.5 Å². The van der Waals surface area contributed by atoms with Crippen molar-refractivity contribution >= 4 is 17.2 Å². The third kappa shape index (κ3) is 5.27. The van der Waals surface area contributed by atoms with E-state index in [0.29, 0.717) is 18.8 Å². The van der Waals surface area contributed by atoms with Gasteiger partial charge in [-0.1, -0.05) is 0 Å². The van der Waals surface area contributed by atoms with E-state index >= 15 is 0 Å². The lowest BCUT2D eigenvalue weighted by Gasteiger charge is -2.42. The average Bonchev–Trinajstić information content (AvgIpc) is 3.23. The molecule has 0 radical (unpaired) electrons. The number of amides is 1. The third-order valence-corrected chi connectivity index (χ3v) is 5.96. The largest absolute Gasteiger partial charge is 0.495 e. The summed E-state index contributed by atoms with van der Waals surface area (Å²) in [5.41, 5.74) is 1.15. The van der Waals surface area contributed by atoms with Crippen molar-refractivity contribution in [1.29, 1.82) is 0 Å². The number of nitrogens with zero attached hydrogens (tertiary/aromatic N) is 3. The number of aromatic nitrogens is 2. The highest BCUT2D eigenvalue weighted by Crippen LogP contribution is 2.33. The standard InChI is InChI=1S/C19H24F3N5O2S/c1-18(2,15-10-30-17(26-15)12-6-13(29-3)8-23-7-12)27-5-4-24-14(9-27)16(28)25-11-19(20,21)22/h6-8,10,14,24H,4-5,9,11H2,1-3H3,(H,25,28). The third-order valence-electron chi connectivity index (χ3n) is 5.07. The Morgan fingerprint density at radius 1 is 1.40 bits per heavy atom. The Hall–Kier alpha value is -2.24. The molecular weight excluding hydrogens is 419 g/mol. The second-order valence-corrected chi connectivity index (χ2v) is 8.35. The molecule has 0 saturated carbocycles. The first-order valence-corrected chi connectivity index (χ1v) is 10.3. The van der Waals surface area contributed by atoms with E-state index in [-0.39, 0.29) is 6.54 Å². The number of nitrogens with one attached hydrogen (secondary N) is 2. The van der Waals surface area contributed by atoms with Gasteiger partial charge >= 0.3 is 6.18 Å². The van der Waals surface area contributed by atoms with Crippen molar-refractivity contribution in [2.75, 3.05) is 33.3 Å². The fourth-order valence-electron chi connectivity index (χ4n) is 3.24. The maximum atomic E-state index is 12.4. The highest BCUT2D eigenvalue weighted by molar-refractivity contribution is 7.13. The lowest BCUT2D eigenvalue weighted by molar-refractivity contribution is -0.140. The van der Waals surface area contributed by atoms with E-state index in [4.69, 9.17) is 9.72 Å². The van der Waals surface area contributed by atoms with Crippen LogP contribution in [0.1, 0.15) is 19.5 Å². The van der Waals surface area contributed by atoms with Crippen molar-refractivity contribution in [2.45, 2.75) is 31.6 Å². The fourth-order valence-corrected chi connectivity index (χ4v) is 4.20. The first-order valence-electron chi connectivity index (χ1n) is 9.38. The summed E-state index contributed by atoms with van der Waals surface area (Å²) in [6.45, 7) is 4.06. The summed E-state index contributed by atoms with van der Waals surface area (Å²) in [4.78, 5) is 23.1. The number of carbonyl (C=O) groups is 1. The molecule has 1 aliphatic rings. The summed E-state index contributed by atoms with van der Waals surface area (Å²) >= 11 is 1.48. The van der Waals surface area contributed by atoms with E-state index in [1.165, 1.54) is 11.3 Å². The Balaban J connectivity index is 1.72. The van der Waals surface area contributed by atoms with Gasteiger partial charge in [0.2, 0.25) is 5.91 Å². The average molecular weight is 443 g/mol. The molecular formula is C19H24F3N5O2S. The topological polar surface area (TPSA) is 79.4 Å². The van der Waals surface area contributed by atoms with Gasteiger partial charge < -0.3 is 15.4 Å². The SMILES string of the molecule is COc1cncc(-c2nc(C(C)(C)N3CCNC(C(=O)NCC(F)(F)F)C3)cs2)c1. The Morgan fingerprint density at radius 3 is 2.87 bits per heavy atom. The lowest BCUT2D eigenvalue weighted by Crippen LogP contribution is -2.61. The zero-order valence-electron chi connectivity index (χ0n) is 16.9. The summed E-state index contributed by atoms with van der Waals surface area (Å²) in [6, 6.07) is 1.13. The van der Waals surface area contributed by atoms with Crippen molar-refractivity contribution in [3.63, 3.8) is 0 Å². The van der Waals surface area contributed by atoms with E-state index < -0.39 is 30.2 Å². The molecule has 7 nitrogen and oxygen atoms in total. The molecule has 1 unspecified atom stereocenters. The molecule has 30 heavy (non-hydrogen) atoms. The molecule has 164 valence electrons. The number of halogens is 3. The van der Waals surface area contributed by atoms with Crippen LogP contribution in [0, 0.1) is 0 Å². The lowest BCUT2D eigenvalue weighted by atomic mass is 9.96. The molecule has 0 bridgehead atoms. The van der Waals surface area contributed by atoms with Crippen LogP contribution < -0.4 is 15.4 Å². The van der Waals surface area contributed by atoms with Gasteiger partial charge in [-0.05, 0) is 19.9 Å². The molecule has 1 aliphatic heterocycles. The molecule has 11 heteroatoms. The Bertz CT molecular complexity index is 887. The van der Waals surface area contributed by atoms with E-state index in [0.717, 1.165) is 16.3 Å². The number of piperazine rings is 1. The molecule has 1 amide bonds. The van der Waals surface area contributed by atoms with Gasteiger partial charge in [0.25, 0.3) is 0 Å². The molecule has 1 saturated heterocycles. The summed E-state index contributed by atoms with van der Waals surface area (Å²) in [5, 5.41) is 7.69. The quantitative estimate of drug-likeness (QED) is 0.714. The minimum absolute atomic E-state index is 0.282. The Kier molecular flexibility index (Phi) is 6.63. The Morgan fingerprint density at radius 2 is 2.17 bits per heavy atom. The second kappa shape index (κ2) is 8.86. The fraction of sp³-hybridized carbons (Fsp3) is 0.526. The van der Waals surface area contributed by atoms with Gasteiger partial charge in [-0.3, -0.25) is 14.7 Å². The number of ether oxygens (including phenoxy) is 1. The molecule has 0 aliphatic carbocycles. The summed E-state index contributed by atoms with van der Waals surface area (Å²) < 4.78 is 42.4. The number of pyridine rings is 1. The molecule has 1 fully saturated rings. The van der Waals surface area contributed by atoms with Crippen LogP contribution in [0.3, 0.4) is 0 Å². The van der Waals surface area contributed by atoms with Crippen LogP contribution >= 0.6 is 11.3 Å². The van der Waals surface area contributed by atoms with Crippen LogP contribution in [0.4, 0.5) is 13.2 Å². The van der Waals surface area contributed by atoms with Gasteiger partial charge in [-0.15, -0.1) is 11.3 Å². The molecule has 1 atom stereocenters. The minimum Gasteiger partial charge on any atom is -0.495 e. The predicted molar refractivity (Wildman–Crippen MR) is 107 cm³/mol. The summed E-state index contributed by atoms with van der Waals surface area (Å²) in [5.74, 6) is -0.0208. The Labute approximate surface area is 176 Å². The first kappa shape index (κ1) is 22.4. The van der Waals surface area contributed by atoms with Gasteiger partial charge in [-0.2, -0.15) is 13.2 Å². The number of rotatable bonds is 6. The van der Waals surface area contributed by atoms with Crippen LogP contribution in [0.2, 0.25) is 0 Å².